The molecule has 2 aromatic rings. The van der Waals surface area contributed by atoms with Gasteiger partial charge in [-0.1, -0.05) is 29.8 Å². The fourth-order valence-corrected chi connectivity index (χ4v) is 3.51. The van der Waals surface area contributed by atoms with Gasteiger partial charge >= 0.3 is 12.0 Å². The highest BCUT2D eigenvalue weighted by Crippen LogP contribution is 2.38. The van der Waals surface area contributed by atoms with Gasteiger partial charge in [0.1, 0.15) is 18.8 Å². The van der Waals surface area contributed by atoms with E-state index in [4.69, 9.17) is 26.2 Å². The highest BCUT2D eigenvalue weighted by Gasteiger charge is 2.34. The van der Waals surface area contributed by atoms with Crippen LogP contribution in [0.25, 0.3) is 6.08 Å². The molecule has 2 N–H and O–H groups in total. The normalized spacial score (nSPS) is 14.8. The van der Waals surface area contributed by atoms with Crippen molar-refractivity contribution in [3.8, 4) is 11.5 Å². The number of imide groups is 1. The number of carbonyl (C=O) groups excluding carboxylic acids is 2. The first-order chi connectivity index (χ1) is 14.3. The third kappa shape index (κ3) is 4.74. The number of urea groups is 1. The minimum atomic E-state index is -1.29. The second-order valence-corrected chi connectivity index (χ2v) is 7.45. The van der Waals surface area contributed by atoms with Crippen LogP contribution in [0, 0.1) is 0 Å². The van der Waals surface area contributed by atoms with Crippen molar-refractivity contribution < 1.29 is 29.0 Å². The molecule has 0 bridgehead atoms. The molecule has 0 spiro atoms. The number of amides is 3. The van der Waals surface area contributed by atoms with Crippen molar-refractivity contribution in [1.29, 1.82) is 0 Å². The highest BCUT2D eigenvalue weighted by molar-refractivity contribution is 9.10. The number of benzene rings is 2. The summed E-state index contributed by atoms with van der Waals surface area (Å²) in [6.45, 7) is -0.502. The Morgan fingerprint density at radius 3 is 2.70 bits per heavy atom. The Bertz CT molecular complexity index is 1060. The number of hydrogen-bond acceptors (Lipinski definition) is 5. The standard InChI is InChI=1S/C20H16BrClN2O6/c1-29-16-8-11(7-15-19(27)24(9-17(25)26)20(28)23-15)6-13(21)18(16)30-10-12-4-2-3-5-14(12)22/h2-8H,9-10H2,1H3,(H,23,28)(H,25,26)/b15-7-. The molecule has 30 heavy (non-hydrogen) atoms. The average molecular weight is 496 g/mol. The van der Waals surface area contributed by atoms with E-state index in [9.17, 15) is 14.4 Å². The third-order valence-corrected chi connectivity index (χ3v) is 5.11. The number of methoxy groups -OCH3 is 1. The molecule has 0 saturated carbocycles. The van der Waals surface area contributed by atoms with Gasteiger partial charge in [0.25, 0.3) is 5.91 Å². The predicted molar refractivity (Wildman–Crippen MR) is 112 cm³/mol. The molecule has 8 nitrogen and oxygen atoms in total. The number of aliphatic carboxylic acids is 1. The van der Waals surface area contributed by atoms with Crippen LogP contribution < -0.4 is 14.8 Å². The molecule has 1 aliphatic rings. The zero-order chi connectivity index (χ0) is 21.8. The van der Waals surface area contributed by atoms with Crippen LogP contribution in [0.5, 0.6) is 11.5 Å². The lowest BCUT2D eigenvalue weighted by molar-refractivity contribution is -0.140. The molecule has 0 unspecified atom stereocenters. The van der Waals surface area contributed by atoms with E-state index in [0.29, 0.717) is 31.5 Å². The fourth-order valence-electron chi connectivity index (χ4n) is 2.75. The van der Waals surface area contributed by atoms with Crippen molar-refractivity contribution in [2.45, 2.75) is 6.61 Å². The average Bonchev–Trinajstić information content (AvgIpc) is 2.95. The molecule has 1 saturated heterocycles. The molecule has 3 rings (SSSR count). The molecule has 3 amide bonds. The number of carboxylic acid groups (broad SMARTS) is 1. The van der Waals surface area contributed by atoms with Gasteiger partial charge in [0, 0.05) is 10.6 Å². The molecule has 0 radical (unpaired) electrons. The molecule has 1 heterocycles. The van der Waals surface area contributed by atoms with Gasteiger partial charge in [-0.25, -0.2) is 9.69 Å². The summed E-state index contributed by atoms with van der Waals surface area (Å²) in [4.78, 5) is 35.6. The van der Waals surface area contributed by atoms with Crippen molar-refractivity contribution in [3.05, 3.63) is 62.7 Å². The molecule has 2 aromatic carbocycles. The van der Waals surface area contributed by atoms with E-state index < -0.39 is 24.5 Å². The van der Waals surface area contributed by atoms with Crippen LogP contribution in [0.1, 0.15) is 11.1 Å². The summed E-state index contributed by atoms with van der Waals surface area (Å²) < 4.78 is 11.8. The van der Waals surface area contributed by atoms with Crippen molar-refractivity contribution >= 4 is 51.5 Å². The number of ether oxygens (including phenoxy) is 2. The SMILES string of the molecule is COc1cc(/C=C2\NC(=O)N(CC(=O)O)C2=O)cc(Br)c1OCc1ccccc1Cl. The molecular weight excluding hydrogens is 480 g/mol. The second-order valence-electron chi connectivity index (χ2n) is 6.19. The first kappa shape index (κ1) is 21.7. The largest absolute Gasteiger partial charge is 0.493 e. The summed E-state index contributed by atoms with van der Waals surface area (Å²) in [5.74, 6) is -1.18. The van der Waals surface area contributed by atoms with Gasteiger partial charge in [-0.3, -0.25) is 9.59 Å². The van der Waals surface area contributed by atoms with E-state index >= 15 is 0 Å². The van der Waals surface area contributed by atoms with Crippen LogP contribution in [0.2, 0.25) is 5.02 Å². The lowest BCUT2D eigenvalue weighted by atomic mass is 10.1. The maximum absolute atomic E-state index is 12.3. The summed E-state index contributed by atoms with van der Waals surface area (Å²) in [5, 5.41) is 11.8. The summed E-state index contributed by atoms with van der Waals surface area (Å²) in [7, 11) is 1.47. The summed E-state index contributed by atoms with van der Waals surface area (Å²) >= 11 is 9.58. The lowest BCUT2D eigenvalue weighted by Crippen LogP contribution is -2.35. The first-order valence-electron chi connectivity index (χ1n) is 8.60. The fraction of sp³-hybridized carbons (Fsp3) is 0.150. The van der Waals surface area contributed by atoms with Gasteiger partial charge in [-0.05, 0) is 45.8 Å². The van der Waals surface area contributed by atoms with Crippen LogP contribution in [-0.4, -0.2) is 41.6 Å². The van der Waals surface area contributed by atoms with E-state index in [2.05, 4.69) is 21.2 Å². The third-order valence-electron chi connectivity index (χ3n) is 4.15. The molecule has 0 aromatic heterocycles. The van der Waals surface area contributed by atoms with Crippen LogP contribution in [0.4, 0.5) is 4.79 Å². The number of nitrogens with zero attached hydrogens (tertiary/aromatic N) is 1. The van der Waals surface area contributed by atoms with E-state index in [1.807, 2.05) is 18.2 Å². The van der Waals surface area contributed by atoms with Crippen molar-refractivity contribution in [1.82, 2.24) is 10.2 Å². The Morgan fingerprint density at radius 2 is 2.03 bits per heavy atom. The van der Waals surface area contributed by atoms with E-state index in [-0.39, 0.29) is 12.3 Å². The maximum Gasteiger partial charge on any atom is 0.329 e. The quantitative estimate of drug-likeness (QED) is 0.449. The van der Waals surface area contributed by atoms with Gasteiger partial charge in [-0.2, -0.15) is 0 Å². The van der Waals surface area contributed by atoms with Gasteiger partial charge in [0.05, 0.1) is 11.6 Å². The molecular formula is C20H16BrClN2O6. The summed E-state index contributed by atoms with van der Waals surface area (Å²) in [6.07, 6.45) is 1.42. The maximum atomic E-state index is 12.3. The molecule has 10 heteroatoms. The van der Waals surface area contributed by atoms with Crippen molar-refractivity contribution in [3.63, 3.8) is 0 Å². The Hall–Kier alpha value is -3.04. The molecule has 1 fully saturated rings. The number of carbonyl (C=O) groups is 3. The monoisotopic (exact) mass is 494 g/mol. The van der Waals surface area contributed by atoms with Gasteiger partial charge < -0.3 is 19.9 Å². The number of hydrogen-bond donors (Lipinski definition) is 2. The van der Waals surface area contributed by atoms with Crippen LogP contribution >= 0.6 is 27.5 Å². The summed E-state index contributed by atoms with van der Waals surface area (Å²) in [6, 6.07) is 9.80. The number of carboxylic acids is 1. The summed E-state index contributed by atoms with van der Waals surface area (Å²) in [5.41, 5.74) is 1.29. The molecule has 1 aliphatic heterocycles. The predicted octanol–water partition coefficient (Wildman–Crippen LogP) is 3.67. The van der Waals surface area contributed by atoms with E-state index in [1.54, 1.807) is 18.2 Å². The Morgan fingerprint density at radius 1 is 1.30 bits per heavy atom. The molecule has 0 atom stereocenters. The smallest absolute Gasteiger partial charge is 0.329 e. The zero-order valence-electron chi connectivity index (χ0n) is 15.6. The zero-order valence-corrected chi connectivity index (χ0v) is 18.0. The topological polar surface area (TPSA) is 105 Å². The minimum absolute atomic E-state index is 0.0417. The highest BCUT2D eigenvalue weighted by atomic mass is 79.9. The Kier molecular flexibility index (Phi) is 6.63. The number of halogens is 2. The Balaban J connectivity index is 1.84. The van der Waals surface area contributed by atoms with Crippen LogP contribution in [-0.2, 0) is 16.2 Å². The Labute approximate surface area is 185 Å². The lowest BCUT2D eigenvalue weighted by Gasteiger charge is -2.14. The van der Waals surface area contributed by atoms with Gasteiger partial charge in [-0.15, -0.1) is 0 Å². The second kappa shape index (κ2) is 9.19. The van der Waals surface area contributed by atoms with Crippen LogP contribution in [0.15, 0.2) is 46.6 Å². The minimum Gasteiger partial charge on any atom is -0.493 e. The molecule has 0 aliphatic carbocycles. The van der Waals surface area contributed by atoms with Crippen LogP contribution in [0.3, 0.4) is 0 Å². The van der Waals surface area contributed by atoms with Gasteiger partial charge in [0.15, 0.2) is 11.5 Å². The molecule has 156 valence electrons. The van der Waals surface area contributed by atoms with Crippen molar-refractivity contribution in [2.75, 3.05) is 13.7 Å². The van der Waals surface area contributed by atoms with E-state index in [0.717, 1.165) is 5.56 Å². The van der Waals surface area contributed by atoms with E-state index in [1.165, 1.54) is 13.2 Å². The number of rotatable bonds is 7. The first-order valence-corrected chi connectivity index (χ1v) is 9.77. The van der Waals surface area contributed by atoms with Crippen molar-refractivity contribution in [2.24, 2.45) is 0 Å². The van der Waals surface area contributed by atoms with Gasteiger partial charge in [0.2, 0.25) is 0 Å². The number of nitrogens with one attached hydrogen (secondary N) is 1.